The first kappa shape index (κ1) is 16.7. The van der Waals surface area contributed by atoms with Crippen molar-refractivity contribution in [1.82, 2.24) is 5.43 Å². The van der Waals surface area contributed by atoms with E-state index in [0.717, 1.165) is 23.1 Å². The standard InChI is InChI=1S/C19H22N2O2/c1-4-16-7-9-18(10-8-16)23-13-19(22)21-20-12-17-11-14(2)5-6-15(17)3/h5-12H,4,13H2,1-3H3,(H,21,22)/b20-12-. The van der Waals surface area contributed by atoms with Crippen molar-refractivity contribution in [2.24, 2.45) is 5.10 Å². The lowest BCUT2D eigenvalue weighted by Gasteiger charge is -2.06. The van der Waals surface area contributed by atoms with Gasteiger partial charge in [0.15, 0.2) is 6.61 Å². The molecule has 0 saturated carbocycles. The van der Waals surface area contributed by atoms with Crippen LogP contribution in [0.4, 0.5) is 0 Å². The van der Waals surface area contributed by atoms with Gasteiger partial charge in [0, 0.05) is 0 Å². The molecule has 0 atom stereocenters. The largest absolute Gasteiger partial charge is 0.484 e. The van der Waals surface area contributed by atoms with Gasteiger partial charge in [-0.3, -0.25) is 4.79 Å². The second kappa shape index (κ2) is 8.13. The molecule has 2 aromatic rings. The summed E-state index contributed by atoms with van der Waals surface area (Å²) in [6.07, 6.45) is 2.63. The highest BCUT2D eigenvalue weighted by molar-refractivity contribution is 5.84. The van der Waals surface area contributed by atoms with Gasteiger partial charge in [-0.05, 0) is 49.1 Å². The molecule has 0 aromatic heterocycles. The van der Waals surface area contributed by atoms with Gasteiger partial charge in [0.25, 0.3) is 5.91 Å². The normalized spacial score (nSPS) is 10.7. The highest BCUT2D eigenvalue weighted by atomic mass is 16.5. The lowest BCUT2D eigenvalue weighted by Crippen LogP contribution is -2.24. The molecule has 2 rings (SSSR count). The van der Waals surface area contributed by atoms with Crippen molar-refractivity contribution in [2.45, 2.75) is 27.2 Å². The van der Waals surface area contributed by atoms with Crippen LogP contribution in [0.3, 0.4) is 0 Å². The fourth-order valence-electron chi connectivity index (χ4n) is 2.08. The van der Waals surface area contributed by atoms with Crippen LogP contribution in [0.1, 0.15) is 29.2 Å². The molecule has 4 nitrogen and oxygen atoms in total. The Labute approximate surface area is 137 Å². The number of hydrogen-bond donors (Lipinski definition) is 1. The molecule has 0 spiro atoms. The smallest absolute Gasteiger partial charge is 0.277 e. The zero-order chi connectivity index (χ0) is 16.7. The molecule has 23 heavy (non-hydrogen) atoms. The third kappa shape index (κ3) is 5.25. The molecule has 1 amide bonds. The summed E-state index contributed by atoms with van der Waals surface area (Å²) in [7, 11) is 0. The number of aryl methyl sites for hydroxylation is 3. The van der Waals surface area contributed by atoms with Crippen LogP contribution < -0.4 is 10.2 Å². The van der Waals surface area contributed by atoms with Gasteiger partial charge in [-0.25, -0.2) is 5.43 Å². The molecule has 120 valence electrons. The predicted octanol–water partition coefficient (Wildman–Crippen LogP) is 3.39. The summed E-state index contributed by atoms with van der Waals surface area (Å²) in [5.74, 6) is 0.391. The van der Waals surface area contributed by atoms with Crippen LogP contribution in [0.5, 0.6) is 5.75 Å². The Morgan fingerprint density at radius 3 is 2.61 bits per heavy atom. The summed E-state index contributed by atoms with van der Waals surface area (Å²) >= 11 is 0. The van der Waals surface area contributed by atoms with Gasteiger partial charge < -0.3 is 4.74 Å². The van der Waals surface area contributed by atoms with Crippen LogP contribution in [0.2, 0.25) is 0 Å². The van der Waals surface area contributed by atoms with E-state index in [1.807, 2.05) is 56.3 Å². The topological polar surface area (TPSA) is 50.7 Å². The summed E-state index contributed by atoms with van der Waals surface area (Å²) < 4.78 is 5.43. The molecule has 0 aliphatic carbocycles. The third-order valence-electron chi connectivity index (χ3n) is 3.53. The molecule has 0 bridgehead atoms. The number of nitrogens with one attached hydrogen (secondary N) is 1. The van der Waals surface area contributed by atoms with Crippen LogP contribution in [0, 0.1) is 13.8 Å². The minimum Gasteiger partial charge on any atom is -0.484 e. The second-order valence-electron chi connectivity index (χ2n) is 5.44. The lowest BCUT2D eigenvalue weighted by molar-refractivity contribution is -0.123. The summed E-state index contributed by atoms with van der Waals surface area (Å²) in [5, 5.41) is 3.98. The molecule has 2 aromatic carbocycles. The van der Waals surface area contributed by atoms with Crippen molar-refractivity contribution >= 4 is 12.1 Å². The molecule has 0 aliphatic heterocycles. The fourth-order valence-corrected chi connectivity index (χ4v) is 2.08. The van der Waals surface area contributed by atoms with E-state index in [2.05, 4.69) is 17.5 Å². The lowest BCUT2D eigenvalue weighted by atomic mass is 10.1. The maximum atomic E-state index is 11.7. The summed E-state index contributed by atoms with van der Waals surface area (Å²) in [5.41, 5.74) is 6.97. The molecule has 1 N–H and O–H groups in total. The van der Waals surface area contributed by atoms with Gasteiger partial charge in [-0.2, -0.15) is 5.10 Å². The Morgan fingerprint density at radius 1 is 1.17 bits per heavy atom. The van der Waals surface area contributed by atoms with E-state index >= 15 is 0 Å². The van der Waals surface area contributed by atoms with Crippen LogP contribution in [-0.2, 0) is 11.2 Å². The molecular formula is C19H22N2O2. The minimum absolute atomic E-state index is 0.0599. The van der Waals surface area contributed by atoms with Crippen LogP contribution >= 0.6 is 0 Å². The van der Waals surface area contributed by atoms with Crippen LogP contribution in [0.15, 0.2) is 47.6 Å². The highest BCUT2D eigenvalue weighted by Gasteiger charge is 2.02. The first-order valence-corrected chi connectivity index (χ1v) is 7.69. The summed E-state index contributed by atoms with van der Waals surface area (Å²) in [6.45, 7) is 6.06. The van der Waals surface area contributed by atoms with E-state index in [1.165, 1.54) is 5.56 Å². The number of carbonyl (C=O) groups excluding carboxylic acids is 1. The van der Waals surface area contributed by atoms with Gasteiger partial charge in [0.05, 0.1) is 6.21 Å². The van der Waals surface area contributed by atoms with Crippen molar-refractivity contribution in [3.8, 4) is 5.75 Å². The molecule has 4 heteroatoms. The minimum atomic E-state index is -0.286. The van der Waals surface area contributed by atoms with E-state index in [4.69, 9.17) is 4.74 Å². The van der Waals surface area contributed by atoms with Crippen molar-refractivity contribution in [3.05, 3.63) is 64.7 Å². The number of nitrogens with zero attached hydrogens (tertiary/aromatic N) is 1. The SMILES string of the molecule is CCc1ccc(OCC(=O)N/N=C\c2cc(C)ccc2C)cc1. The summed E-state index contributed by atoms with van der Waals surface area (Å²) in [4.78, 5) is 11.7. The molecule has 0 aliphatic rings. The highest BCUT2D eigenvalue weighted by Crippen LogP contribution is 2.12. The molecule has 0 fully saturated rings. The molecule has 0 unspecified atom stereocenters. The molecular weight excluding hydrogens is 288 g/mol. The van der Waals surface area contributed by atoms with Crippen molar-refractivity contribution < 1.29 is 9.53 Å². The Bertz CT molecular complexity index is 691. The molecule has 0 heterocycles. The Hall–Kier alpha value is -2.62. The van der Waals surface area contributed by atoms with Crippen LogP contribution in [-0.4, -0.2) is 18.7 Å². The Kier molecular flexibility index (Phi) is 5.92. The van der Waals surface area contributed by atoms with Gasteiger partial charge in [-0.15, -0.1) is 0 Å². The fraction of sp³-hybridized carbons (Fsp3) is 0.263. The van der Waals surface area contributed by atoms with Crippen molar-refractivity contribution in [2.75, 3.05) is 6.61 Å². The first-order chi connectivity index (χ1) is 11.1. The van der Waals surface area contributed by atoms with E-state index in [0.29, 0.717) is 5.75 Å². The Morgan fingerprint density at radius 2 is 1.91 bits per heavy atom. The van der Waals surface area contributed by atoms with E-state index < -0.39 is 0 Å². The monoisotopic (exact) mass is 310 g/mol. The number of carbonyl (C=O) groups is 1. The van der Waals surface area contributed by atoms with Crippen molar-refractivity contribution in [3.63, 3.8) is 0 Å². The van der Waals surface area contributed by atoms with E-state index in [9.17, 15) is 4.79 Å². The van der Waals surface area contributed by atoms with Crippen molar-refractivity contribution in [1.29, 1.82) is 0 Å². The van der Waals surface area contributed by atoms with Crippen LogP contribution in [0.25, 0.3) is 0 Å². The summed E-state index contributed by atoms with van der Waals surface area (Å²) in [6, 6.07) is 13.8. The van der Waals surface area contributed by atoms with Gasteiger partial charge in [0.1, 0.15) is 5.75 Å². The van der Waals surface area contributed by atoms with E-state index in [1.54, 1.807) is 6.21 Å². The zero-order valence-corrected chi connectivity index (χ0v) is 13.8. The number of ether oxygens (including phenoxy) is 1. The number of benzene rings is 2. The zero-order valence-electron chi connectivity index (χ0n) is 13.8. The number of hydrazone groups is 1. The average Bonchev–Trinajstić information content (AvgIpc) is 2.56. The Balaban J connectivity index is 1.82. The number of amides is 1. The third-order valence-corrected chi connectivity index (χ3v) is 3.53. The molecule has 0 radical (unpaired) electrons. The quantitative estimate of drug-likeness (QED) is 0.657. The first-order valence-electron chi connectivity index (χ1n) is 7.69. The van der Waals surface area contributed by atoms with E-state index in [-0.39, 0.29) is 12.5 Å². The maximum Gasteiger partial charge on any atom is 0.277 e. The van der Waals surface area contributed by atoms with Gasteiger partial charge >= 0.3 is 0 Å². The number of rotatable bonds is 6. The second-order valence-corrected chi connectivity index (χ2v) is 5.44. The molecule has 0 saturated heterocycles. The average molecular weight is 310 g/mol. The van der Waals surface area contributed by atoms with Gasteiger partial charge in [-0.1, -0.05) is 42.8 Å². The maximum absolute atomic E-state index is 11.7. The predicted molar refractivity (Wildman–Crippen MR) is 93.0 cm³/mol. The number of hydrogen-bond acceptors (Lipinski definition) is 3. The van der Waals surface area contributed by atoms with Gasteiger partial charge in [0.2, 0.25) is 0 Å².